The Morgan fingerprint density at radius 3 is 2.54 bits per heavy atom. The maximum Gasteiger partial charge on any atom is 0.292 e. The third kappa shape index (κ3) is 3.50. The van der Waals surface area contributed by atoms with Gasteiger partial charge in [0, 0.05) is 50.0 Å². The number of anilines is 1. The molecule has 2 saturated heterocycles. The number of piperazine rings is 1. The molecular weight excluding hydrogens is 352 g/mol. The van der Waals surface area contributed by atoms with E-state index in [2.05, 4.69) is 26.7 Å². The number of carbonyl (C=O) groups excluding carboxylic acids is 1. The average Bonchev–Trinajstić information content (AvgIpc) is 3.10. The molecule has 1 amide bonds. The summed E-state index contributed by atoms with van der Waals surface area (Å²) in [4.78, 5) is 29.7. The van der Waals surface area contributed by atoms with Crippen LogP contribution in [-0.4, -0.2) is 77.0 Å². The second kappa shape index (κ2) is 7.59. The van der Waals surface area contributed by atoms with E-state index in [1.54, 1.807) is 0 Å². The van der Waals surface area contributed by atoms with Gasteiger partial charge in [0.15, 0.2) is 0 Å². The molecular formula is C21H34N6O. The van der Waals surface area contributed by atoms with E-state index in [1.165, 1.54) is 19.3 Å². The number of amides is 1. The zero-order valence-corrected chi connectivity index (χ0v) is 17.6. The molecule has 1 aliphatic carbocycles. The number of carbonyl (C=O) groups is 1. The predicted molar refractivity (Wildman–Crippen MR) is 111 cm³/mol. The molecule has 154 valence electrons. The van der Waals surface area contributed by atoms with Crippen molar-refractivity contribution in [3.8, 4) is 0 Å². The molecule has 4 rings (SSSR count). The minimum Gasteiger partial charge on any atom is -0.355 e. The monoisotopic (exact) mass is 386 g/mol. The molecule has 7 heteroatoms. The first-order valence-corrected chi connectivity index (χ1v) is 10.8. The van der Waals surface area contributed by atoms with E-state index >= 15 is 0 Å². The Hall–Kier alpha value is -1.73. The van der Waals surface area contributed by atoms with E-state index < -0.39 is 0 Å². The summed E-state index contributed by atoms with van der Waals surface area (Å²) >= 11 is 0. The van der Waals surface area contributed by atoms with Crippen LogP contribution in [0.1, 0.15) is 60.4 Å². The standard InChI is InChI=1S/C21H34N6O/c1-15-16(2)23-18(24-19(15)26-10-7-17(22)13-26)20(28)27-12-11-25(3)14-21(27)8-5-4-6-9-21/h17H,4-14,22H2,1-3H3/t17-/m1/s1. The smallest absolute Gasteiger partial charge is 0.292 e. The summed E-state index contributed by atoms with van der Waals surface area (Å²) in [6.45, 7) is 8.34. The molecule has 3 fully saturated rings. The number of likely N-dealkylation sites (N-methyl/N-ethyl adjacent to an activating group) is 1. The largest absolute Gasteiger partial charge is 0.355 e. The molecule has 3 heterocycles. The van der Waals surface area contributed by atoms with Crippen LogP contribution in [0.25, 0.3) is 0 Å². The Kier molecular flexibility index (Phi) is 5.31. The van der Waals surface area contributed by atoms with Crippen molar-refractivity contribution < 1.29 is 4.79 Å². The van der Waals surface area contributed by atoms with Gasteiger partial charge in [-0.3, -0.25) is 4.79 Å². The maximum atomic E-state index is 13.6. The van der Waals surface area contributed by atoms with Crippen LogP contribution in [0.2, 0.25) is 0 Å². The summed E-state index contributed by atoms with van der Waals surface area (Å²) < 4.78 is 0. The molecule has 2 aliphatic heterocycles. The predicted octanol–water partition coefficient (Wildman–Crippen LogP) is 1.72. The SMILES string of the molecule is Cc1nc(C(=O)N2CCN(C)CC23CCCCC3)nc(N2CC[C@@H](N)C2)c1C. The molecule has 0 bridgehead atoms. The van der Waals surface area contributed by atoms with Gasteiger partial charge in [-0.1, -0.05) is 19.3 Å². The summed E-state index contributed by atoms with van der Waals surface area (Å²) in [6.07, 6.45) is 6.80. The quantitative estimate of drug-likeness (QED) is 0.834. The summed E-state index contributed by atoms with van der Waals surface area (Å²) in [6, 6.07) is 0.178. The van der Waals surface area contributed by atoms with E-state index in [0.29, 0.717) is 5.82 Å². The molecule has 1 atom stereocenters. The normalized spacial score (nSPS) is 25.5. The minimum absolute atomic E-state index is 0.00263. The molecule has 7 nitrogen and oxygen atoms in total. The fourth-order valence-electron chi connectivity index (χ4n) is 5.25. The van der Waals surface area contributed by atoms with Crippen molar-refractivity contribution in [2.45, 2.75) is 64.0 Å². The number of aromatic nitrogens is 2. The molecule has 1 aromatic heterocycles. The second-order valence-electron chi connectivity index (χ2n) is 9.06. The van der Waals surface area contributed by atoms with Crippen LogP contribution in [0, 0.1) is 13.8 Å². The lowest BCUT2D eigenvalue weighted by atomic mass is 9.78. The molecule has 2 N–H and O–H groups in total. The first-order valence-electron chi connectivity index (χ1n) is 10.8. The van der Waals surface area contributed by atoms with E-state index in [1.807, 2.05) is 13.8 Å². The van der Waals surface area contributed by atoms with Crippen LogP contribution in [0.5, 0.6) is 0 Å². The molecule has 0 radical (unpaired) electrons. The van der Waals surface area contributed by atoms with Crippen molar-refractivity contribution >= 4 is 11.7 Å². The van der Waals surface area contributed by atoms with Gasteiger partial charge in [0.25, 0.3) is 5.91 Å². The fourth-order valence-corrected chi connectivity index (χ4v) is 5.25. The van der Waals surface area contributed by atoms with E-state index in [-0.39, 0.29) is 17.5 Å². The van der Waals surface area contributed by atoms with Crippen LogP contribution in [0.4, 0.5) is 5.82 Å². The van der Waals surface area contributed by atoms with Gasteiger partial charge < -0.3 is 20.4 Å². The number of nitrogens with two attached hydrogens (primary N) is 1. The second-order valence-corrected chi connectivity index (χ2v) is 9.06. The van der Waals surface area contributed by atoms with Crippen LogP contribution in [-0.2, 0) is 0 Å². The lowest BCUT2D eigenvalue weighted by molar-refractivity contribution is -0.00860. The lowest BCUT2D eigenvalue weighted by Gasteiger charge is -2.52. The summed E-state index contributed by atoms with van der Waals surface area (Å²) in [5.41, 5.74) is 7.99. The molecule has 1 spiro atoms. The van der Waals surface area contributed by atoms with E-state index in [0.717, 1.165) is 69.1 Å². The first kappa shape index (κ1) is 19.6. The first-order chi connectivity index (χ1) is 13.4. The third-order valence-electron chi connectivity index (χ3n) is 6.95. The summed E-state index contributed by atoms with van der Waals surface area (Å²) in [7, 11) is 2.17. The minimum atomic E-state index is -0.0549. The number of hydrogen-bond donors (Lipinski definition) is 1. The molecule has 1 saturated carbocycles. The number of aryl methyl sites for hydroxylation is 1. The van der Waals surface area contributed by atoms with Crippen LogP contribution >= 0.6 is 0 Å². The average molecular weight is 387 g/mol. The van der Waals surface area contributed by atoms with Crippen molar-refractivity contribution in [2.75, 3.05) is 44.7 Å². The zero-order chi connectivity index (χ0) is 19.9. The molecule has 28 heavy (non-hydrogen) atoms. The van der Waals surface area contributed by atoms with Crippen molar-refractivity contribution in [1.29, 1.82) is 0 Å². The summed E-state index contributed by atoms with van der Waals surface area (Å²) in [5, 5.41) is 0. The number of nitrogens with zero attached hydrogens (tertiary/aromatic N) is 5. The van der Waals surface area contributed by atoms with Gasteiger partial charge in [-0.15, -0.1) is 0 Å². The van der Waals surface area contributed by atoms with Gasteiger partial charge in [0.05, 0.1) is 5.54 Å². The van der Waals surface area contributed by atoms with Gasteiger partial charge >= 0.3 is 0 Å². The van der Waals surface area contributed by atoms with Crippen molar-refractivity contribution in [3.05, 3.63) is 17.1 Å². The Labute approximate surface area is 168 Å². The van der Waals surface area contributed by atoms with Gasteiger partial charge in [-0.05, 0) is 40.2 Å². The summed E-state index contributed by atoms with van der Waals surface area (Å²) in [5.74, 6) is 1.24. The van der Waals surface area contributed by atoms with Crippen LogP contribution in [0.3, 0.4) is 0 Å². The van der Waals surface area contributed by atoms with Crippen molar-refractivity contribution in [1.82, 2.24) is 19.8 Å². The van der Waals surface area contributed by atoms with Gasteiger partial charge in [-0.25, -0.2) is 9.97 Å². The van der Waals surface area contributed by atoms with Gasteiger partial charge in [0.2, 0.25) is 5.82 Å². The van der Waals surface area contributed by atoms with Crippen molar-refractivity contribution in [3.63, 3.8) is 0 Å². The van der Waals surface area contributed by atoms with Crippen molar-refractivity contribution in [2.24, 2.45) is 5.73 Å². The Bertz CT molecular complexity index is 745. The molecule has 0 unspecified atom stereocenters. The highest BCUT2D eigenvalue weighted by atomic mass is 16.2. The third-order valence-corrected chi connectivity index (χ3v) is 6.95. The van der Waals surface area contributed by atoms with Gasteiger partial charge in [-0.2, -0.15) is 0 Å². The van der Waals surface area contributed by atoms with Crippen LogP contribution < -0.4 is 10.6 Å². The highest BCUT2D eigenvalue weighted by molar-refractivity contribution is 5.92. The van der Waals surface area contributed by atoms with E-state index in [4.69, 9.17) is 10.7 Å². The molecule has 1 aromatic rings. The maximum absolute atomic E-state index is 13.6. The zero-order valence-electron chi connectivity index (χ0n) is 17.6. The van der Waals surface area contributed by atoms with E-state index in [9.17, 15) is 4.79 Å². The highest BCUT2D eigenvalue weighted by Crippen LogP contribution is 2.37. The number of hydrogen-bond acceptors (Lipinski definition) is 6. The Morgan fingerprint density at radius 1 is 1.11 bits per heavy atom. The fraction of sp³-hybridized carbons (Fsp3) is 0.762. The molecule has 3 aliphatic rings. The highest BCUT2D eigenvalue weighted by Gasteiger charge is 2.45. The lowest BCUT2D eigenvalue weighted by Crippen LogP contribution is -2.64. The number of rotatable bonds is 2. The Balaban J connectivity index is 1.66. The van der Waals surface area contributed by atoms with Crippen LogP contribution in [0.15, 0.2) is 0 Å². The molecule has 0 aromatic carbocycles. The topological polar surface area (TPSA) is 78.6 Å². The van der Waals surface area contributed by atoms with Gasteiger partial charge in [0.1, 0.15) is 5.82 Å². The Morgan fingerprint density at radius 2 is 1.86 bits per heavy atom.